The molecule has 2 aromatic rings. The summed E-state index contributed by atoms with van der Waals surface area (Å²) >= 11 is 0. The zero-order valence-corrected chi connectivity index (χ0v) is 10.8. The Morgan fingerprint density at radius 2 is 2.26 bits per heavy atom. The van der Waals surface area contributed by atoms with Gasteiger partial charge in [-0.2, -0.15) is 0 Å². The molecule has 0 fully saturated rings. The van der Waals surface area contributed by atoms with E-state index >= 15 is 0 Å². The topological polar surface area (TPSA) is 85.9 Å². The van der Waals surface area contributed by atoms with E-state index in [9.17, 15) is 10.1 Å². The predicted octanol–water partition coefficient (Wildman–Crippen LogP) is 2.13. The molecule has 0 aliphatic heterocycles. The number of hydrogen-bond donors (Lipinski definition) is 1. The molecule has 0 spiro atoms. The Bertz CT molecular complexity index is 594. The molecule has 100 valence electrons. The van der Waals surface area contributed by atoms with Crippen LogP contribution in [0.2, 0.25) is 0 Å². The van der Waals surface area contributed by atoms with Gasteiger partial charge in [-0.1, -0.05) is 6.07 Å². The highest BCUT2D eigenvalue weighted by molar-refractivity contribution is 5.59. The first-order valence-electron chi connectivity index (χ1n) is 5.98. The van der Waals surface area contributed by atoms with Crippen LogP contribution in [0.25, 0.3) is 0 Å². The lowest BCUT2D eigenvalue weighted by molar-refractivity contribution is -0.385. The zero-order chi connectivity index (χ0) is 13.8. The first kappa shape index (κ1) is 13.0. The number of nitrogens with one attached hydrogen (secondary N) is 1. The first-order chi connectivity index (χ1) is 9.13. The fraction of sp³-hybridized carbons (Fsp3) is 0.333. The van der Waals surface area contributed by atoms with E-state index in [4.69, 9.17) is 0 Å². The van der Waals surface area contributed by atoms with Crippen molar-refractivity contribution in [2.45, 2.75) is 26.9 Å². The molecule has 19 heavy (non-hydrogen) atoms. The van der Waals surface area contributed by atoms with Crippen LogP contribution in [0.3, 0.4) is 0 Å². The van der Waals surface area contributed by atoms with Crippen LogP contribution in [0.5, 0.6) is 0 Å². The Balaban J connectivity index is 2.16. The zero-order valence-electron chi connectivity index (χ0n) is 10.8. The van der Waals surface area contributed by atoms with E-state index in [0.29, 0.717) is 12.1 Å². The maximum Gasteiger partial charge on any atom is 0.274 e. The maximum absolute atomic E-state index is 10.9. The van der Waals surface area contributed by atoms with Crippen LogP contribution in [0.4, 0.5) is 11.4 Å². The van der Waals surface area contributed by atoms with Crippen molar-refractivity contribution in [2.75, 3.05) is 5.32 Å². The summed E-state index contributed by atoms with van der Waals surface area (Å²) in [6.45, 7) is 5.00. The molecule has 0 atom stereocenters. The van der Waals surface area contributed by atoms with E-state index in [1.807, 2.05) is 17.6 Å². The third-order valence-corrected chi connectivity index (χ3v) is 2.98. The number of anilines is 1. The van der Waals surface area contributed by atoms with E-state index in [1.54, 1.807) is 19.3 Å². The van der Waals surface area contributed by atoms with Gasteiger partial charge in [0.15, 0.2) is 5.82 Å². The molecule has 0 aliphatic carbocycles. The predicted molar refractivity (Wildman–Crippen MR) is 70.9 cm³/mol. The molecule has 0 bridgehead atoms. The molecule has 0 saturated carbocycles. The molecule has 0 saturated heterocycles. The highest BCUT2D eigenvalue weighted by atomic mass is 16.6. The van der Waals surface area contributed by atoms with Crippen LogP contribution in [0, 0.1) is 17.0 Å². The first-order valence-corrected chi connectivity index (χ1v) is 5.98. The third-order valence-electron chi connectivity index (χ3n) is 2.98. The van der Waals surface area contributed by atoms with Crippen molar-refractivity contribution in [3.8, 4) is 0 Å². The lowest BCUT2D eigenvalue weighted by atomic mass is 10.1. The fourth-order valence-electron chi connectivity index (χ4n) is 1.87. The van der Waals surface area contributed by atoms with Gasteiger partial charge in [0.2, 0.25) is 0 Å². The summed E-state index contributed by atoms with van der Waals surface area (Å²) in [6.07, 6.45) is 1.66. The number of benzene rings is 1. The number of hydrogen-bond acceptors (Lipinski definition) is 5. The van der Waals surface area contributed by atoms with Gasteiger partial charge in [0.25, 0.3) is 5.69 Å². The average Bonchev–Trinajstić information content (AvgIpc) is 2.84. The monoisotopic (exact) mass is 261 g/mol. The molecule has 1 aromatic heterocycles. The molecular formula is C12H15N5O2. The van der Waals surface area contributed by atoms with Gasteiger partial charge in [-0.25, -0.2) is 0 Å². The van der Waals surface area contributed by atoms with E-state index < -0.39 is 0 Å². The van der Waals surface area contributed by atoms with Gasteiger partial charge in [-0.15, -0.1) is 10.2 Å². The summed E-state index contributed by atoms with van der Waals surface area (Å²) in [5.74, 6) is 0.799. The molecule has 7 heteroatoms. The Labute approximate surface area is 110 Å². The summed E-state index contributed by atoms with van der Waals surface area (Å²) < 4.78 is 1.92. The van der Waals surface area contributed by atoms with Crippen molar-refractivity contribution in [3.63, 3.8) is 0 Å². The Morgan fingerprint density at radius 1 is 1.47 bits per heavy atom. The van der Waals surface area contributed by atoms with Crippen molar-refractivity contribution in [2.24, 2.45) is 0 Å². The van der Waals surface area contributed by atoms with Crippen LogP contribution >= 0.6 is 0 Å². The van der Waals surface area contributed by atoms with E-state index in [-0.39, 0.29) is 10.6 Å². The smallest absolute Gasteiger partial charge is 0.274 e. The van der Waals surface area contributed by atoms with Crippen LogP contribution in [-0.2, 0) is 13.1 Å². The second-order valence-electron chi connectivity index (χ2n) is 4.09. The van der Waals surface area contributed by atoms with Gasteiger partial charge in [-0.3, -0.25) is 10.1 Å². The van der Waals surface area contributed by atoms with Crippen LogP contribution in [0.15, 0.2) is 24.5 Å². The lowest BCUT2D eigenvalue weighted by Gasteiger charge is -2.09. The average molecular weight is 261 g/mol. The van der Waals surface area contributed by atoms with Crippen molar-refractivity contribution >= 4 is 11.4 Å². The SMILES string of the molecule is CCn1cnnc1CNc1cccc([N+](=O)[O-])c1C. The van der Waals surface area contributed by atoms with Crippen LogP contribution < -0.4 is 5.32 Å². The Hall–Kier alpha value is -2.44. The van der Waals surface area contributed by atoms with Crippen molar-refractivity contribution in [1.82, 2.24) is 14.8 Å². The largest absolute Gasteiger partial charge is 0.377 e. The summed E-state index contributed by atoms with van der Waals surface area (Å²) in [5.41, 5.74) is 1.47. The Morgan fingerprint density at radius 3 is 2.95 bits per heavy atom. The second kappa shape index (κ2) is 5.47. The van der Waals surface area contributed by atoms with Crippen molar-refractivity contribution in [1.29, 1.82) is 0 Å². The molecule has 7 nitrogen and oxygen atoms in total. The minimum atomic E-state index is -0.380. The van der Waals surface area contributed by atoms with Gasteiger partial charge in [0.05, 0.1) is 11.5 Å². The van der Waals surface area contributed by atoms with Crippen molar-refractivity contribution in [3.05, 3.63) is 46.0 Å². The summed E-state index contributed by atoms with van der Waals surface area (Å²) in [6, 6.07) is 4.97. The summed E-state index contributed by atoms with van der Waals surface area (Å²) in [4.78, 5) is 10.5. The normalized spacial score (nSPS) is 10.4. The van der Waals surface area contributed by atoms with Crippen LogP contribution in [-0.4, -0.2) is 19.7 Å². The molecular weight excluding hydrogens is 246 g/mol. The number of nitro benzene ring substituents is 1. The summed E-state index contributed by atoms with van der Waals surface area (Å²) in [7, 11) is 0. The number of rotatable bonds is 5. The highest BCUT2D eigenvalue weighted by Crippen LogP contribution is 2.25. The van der Waals surface area contributed by atoms with E-state index in [1.165, 1.54) is 6.07 Å². The quantitative estimate of drug-likeness (QED) is 0.658. The molecule has 0 aliphatic rings. The number of aromatic nitrogens is 3. The van der Waals surface area contributed by atoms with Crippen molar-refractivity contribution < 1.29 is 4.92 Å². The number of nitrogens with zero attached hydrogens (tertiary/aromatic N) is 4. The number of aryl methyl sites for hydroxylation is 1. The molecule has 1 aromatic carbocycles. The molecule has 1 heterocycles. The minimum absolute atomic E-state index is 0.113. The summed E-state index contributed by atoms with van der Waals surface area (Å²) in [5, 5.41) is 21.9. The standard InChI is InChI=1S/C12H15N5O2/c1-3-16-8-14-15-12(16)7-13-10-5-4-6-11(9(10)2)17(18)19/h4-6,8,13H,3,7H2,1-2H3. The molecule has 0 amide bonds. The Kier molecular flexibility index (Phi) is 3.74. The van der Waals surface area contributed by atoms with E-state index in [0.717, 1.165) is 18.1 Å². The van der Waals surface area contributed by atoms with Gasteiger partial charge in [0, 0.05) is 23.9 Å². The van der Waals surface area contributed by atoms with Crippen LogP contribution in [0.1, 0.15) is 18.3 Å². The second-order valence-corrected chi connectivity index (χ2v) is 4.09. The molecule has 1 N–H and O–H groups in total. The lowest BCUT2D eigenvalue weighted by Crippen LogP contribution is -2.08. The minimum Gasteiger partial charge on any atom is -0.377 e. The molecule has 0 unspecified atom stereocenters. The van der Waals surface area contributed by atoms with Gasteiger partial charge < -0.3 is 9.88 Å². The van der Waals surface area contributed by atoms with Gasteiger partial charge >= 0.3 is 0 Å². The number of nitro groups is 1. The molecule has 2 rings (SSSR count). The maximum atomic E-state index is 10.9. The van der Waals surface area contributed by atoms with E-state index in [2.05, 4.69) is 15.5 Å². The molecule has 0 radical (unpaired) electrons. The fourth-order valence-corrected chi connectivity index (χ4v) is 1.87. The third kappa shape index (κ3) is 2.70. The van der Waals surface area contributed by atoms with Gasteiger partial charge in [0.1, 0.15) is 6.33 Å². The highest BCUT2D eigenvalue weighted by Gasteiger charge is 2.13. The van der Waals surface area contributed by atoms with Gasteiger partial charge in [-0.05, 0) is 19.9 Å².